The third-order valence-corrected chi connectivity index (χ3v) is 5.67. The molecular weight excluding hydrogens is 439 g/mol. The first-order valence-electron chi connectivity index (χ1n) is 10.0. The fourth-order valence-electron chi connectivity index (χ4n) is 3.62. The number of pyridine rings is 2. The summed E-state index contributed by atoms with van der Waals surface area (Å²) < 4.78 is 0. The second kappa shape index (κ2) is 8.50. The monoisotopic (exact) mass is 456 g/mol. The molecule has 6 heteroatoms. The van der Waals surface area contributed by atoms with Gasteiger partial charge < -0.3 is 11.1 Å². The van der Waals surface area contributed by atoms with E-state index in [1.807, 2.05) is 84.9 Å². The first kappa shape index (κ1) is 20.3. The van der Waals surface area contributed by atoms with Crippen molar-refractivity contribution in [1.82, 2.24) is 9.97 Å². The van der Waals surface area contributed by atoms with Gasteiger partial charge in [0.15, 0.2) is 0 Å². The minimum absolute atomic E-state index is 0.469. The molecule has 0 spiro atoms. The SMILES string of the molecule is Nc1cc(-c2ccc(Cl)cc2)cc(-c2ccc(Nc3ccnc4cc(Cl)ccc34)cc2)n1. The number of hydrogen-bond donors (Lipinski definition) is 2. The number of hydrogen-bond acceptors (Lipinski definition) is 4. The molecule has 2 heterocycles. The van der Waals surface area contributed by atoms with Crippen molar-refractivity contribution >= 4 is 51.3 Å². The number of benzene rings is 3. The van der Waals surface area contributed by atoms with E-state index < -0.39 is 0 Å². The van der Waals surface area contributed by atoms with Gasteiger partial charge in [-0.05, 0) is 71.8 Å². The van der Waals surface area contributed by atoms with E-state index in [-0.39, 0.29) is 0 Å². The standard InChI is InChI=1S/C26H18Cl2N4/c27-19-5-1-16(2-6-19)18-13-24(32-26(29)14-18)17-3-8-21(9-4-17)31-23-11-12-30-25-15-20(28)7-10-22(23)25/h1-15H,(H2,29,32)(H,30,31). The van der Waals surface area contributed by atoms with Gasteiger partial charge in [-0.25, -0.2) is 4.98 Å². The van der Waals surface area contributed by atoms with Crippen molar-refractivity contribution in [1.29, 1.82) is 0 Å². The van der Waals surface area contributed by atoms with Crippen molar-refractivity contribution in [2.75, 3.05) is 11.1 Å². The molecule has 0 saturated heterocycles. The number of aromatic nitrogens is 2. The van der Waals surface area contributed by atoms with E-state index in [4.69, 9.17) is 28.9 Å². The van der Waals surface area contributed by atoms with E-state index in [0.717, 1.165) is 44.7 Å². The number of nitrogens with zero attached hydrogens (tertiary/aromatic N) is 2. The molecule has 0 aliphatic carbocycles. The van der Waals surface area contributed by atoms with Gasteiger partial charge in [0.2, 0.25) is 0 Å². The first-order valence-corrected chi connectivity index (χ1v) is 10.8. The van der Waals surface area contributed by atoms with E-state index in [2.05, 4.69) is 15.3 Å². The molecule has 0 saturated carbocycles. The van der Waals surface area contributed by atoms with E-state index in [1.165, 1.54) is 0 Å². The number of halogens is 2. The lowest BCUT2D eigenvalue weighted by atomic mass is 10.0. The van der Waals surface area contributed by atoms with Crippen LogP contribution in [0.25, 0.3) is 33.3 Å². The zero-order valence-corrected chi connectivity index (χ0v) is 18.4. The molecule has 0 unspecified atom stereocenters. The van der Waals surface area contributed by atoms with Gasteiger partial charge in [-0.3, -0.25) is 4.98 Å². The average molecular weight is 457 g/mol. The van der Waals surface area contributed by atoms with Crippen molar-refractivity contribution in [2.24, 2.45) is 0 Å². The van der Waals surface area contributed by atoms with Crippen LogP contribution in [0.4, 0.5) is 17.2 Å². The molecule has 32 heavy (non-hydrogen) atoms. The fourth-order valence-corrected chi connectivity index (χ4v) is 3.91. The van der Waals surface area contributed by atoms with Gasteiger partial charge in [0.05, 0.1) is 11.2 Å². The van der Waals surface area contributed by atoms with Gasteiger partial charge in [-0.1, -0.05) is 47.5 Å². The molecule has 5 rings (SSSR count). The van der Waals surface area contributed by atoms with Gasteiger partial charge in [-0.2, -0.15) is 0 Å². The van der Waals surface area contributed by atoms with Crippen LogP contribution in [0.1, 0.15) is 0 Å². The molecule has 3 N–H and O–H groups in total. The van der Waals surface area contributed by atoms with E-state index in [0.29, 0.717) is 15.9 Å². The average Bonchev–Trinajstić information content (AvgIpc) is 2.79. The summed E-state index contributed by atoms with van der Waals surface area (Å²) in [5.74, 6) is 0.469. The maximum absolute atomic E-state index is 6.09. The highest BCUT2D eigenvalue weighted by atomic mass is 35.5. The summed E-state index contributed by atoms with van der Waals surface area (Å²) in [5.41, 5.74) is 12.7. The van der Waals surface area contributed by atoms with Crippen molar-refractivity contribution in [2.45, 2.75) is 0 Å². The number of nitrogen functional groups attached to an aromatic ring is 1. The Kier molecular flexibility index (Phi) is 5.39. The van der Waals surface area contributed by atoms with E-state index >= 15 is 0 Å². The Morgan fingerprint density at radius 3 is 2.19 bits per heavy atom. The summed E-state index contributed by atoms with van der Waals surface area (Å²) in [6, 6.07) is 27.3. The van der Waals surface area contributed by atoms with Crippen LogP contribution in [0.3, 0.4) is 0 Å². The molecular formula is C26H18Cl2N4. The van der Waals surface area contributed by atoms with Crippen molar-refractivity contribution in [3.05, 3.63) is 101 Å². The second-order valence-corrected chi connectivity index (χ2v) is 8.27. The van der Waals surface area contributed by atoms with Crippen LogP contribution in [-0.2, 0) is 0 Å². The molecule has 4 nitrogen and oxygen atoms in total. The van der Waals surface area contributed by atoms with Gasteiger partial charge >= 0.3 is 0 Å². The Balaban J connectivity index is 1.44. The zero-order chi connectivity index (χ0) is 22.1. The lowest BCUT2D eigenvalue weighted by Crippen LogP contribution is -1.95. The lowest BCUT2D eigenvalue weighted by Gasteiger charge is -2.11. The first-order chi connectivity index (χ1) is 15.5. The maximum Gasteiger partial charge on any atom is 0.124 e. The quantitative estimate of drug-likeness (QED) is 0.292. The molecule has 0 aliphatic heterocycles. The van der Waals surface area contributed by atoms with Crippen LogP contribution in [0.15, 0.2) is 91.1 Å². The third-order valence-electron chi connectivity index (χ3n) is 5.19. The van der Waals surface area contributed by atoms with Crippen LogP contribution in [-0.4, -0.2) is 9.97 Å². The fraction of sp³-hybridized carbons (Fsp3) is 0. The highest BCUT2D eigenvalue weighted by Gasteiger charge is 2.07. The number of anilines is 3. The van der Waals surface area contributed by atoms with Crippen molar-refractivity contribution < 1.29 is 0 Å². The second-order valence-electron chi connectivity index (χ2n) is 7.40. The number of fused-ring (bicyclic) bond motifs is 1. The number of nitrogens with one attached hydrogen (secondary N) is 1. The molecule has 0 amide bonds. The van der Waals surface area contributed by atoms with Crippen molar-refractivity contribution in [3.63, 3.8) is 0 Å². The molecule has 0 bridgehead atoms. The predicted molar refractivity (Wildman–Crippen MR) is 135 cm³/mol. The maximum atomic E-state index is 6.09. The highest BCUT2D eigenvalue weighted by molar-refractivity contribution is 6.31. The number of nitrogens with two attached hydrogens (primary N) is 1. The smallest absolute Gasteiger partial charge is 0.124 e. The summed E-state index contributed by atoms with van der Waals surface area (Å²) >= 11 is 12.1. The molecule has 5 aromatic rings. The van der Waals surface area contributed by atoms with Gasteiger partial charge in [0.25, 0.3) is 0 Å². The minimum atomic E-state index is 0.469. The van der Waals surface area contributed by atoms with Crippen LogP contribution in [0.2, 0.25) is 10.0 Å². The minimum Gasteiger partial charge on any atom is -0.384 e. The molecule has 2 aromatic heterocycles. The molecule has 0 radical (unpaired) electrons. The lowest BCUT2D eigenvalue weighted by molar-refractivity contribution is 1.33. The van der Waals surface area contributed by atoms with E-state index in [1.54, 1.807) is 6.20 Å². The topological polar surface area (TPSA) is 63.8 Å². The highest BCUT2D eigenvalue weighted by Crippen LogP contribution is 2.30. The molecule has 0 aliphatic rings. The Labute approximate surface area is 195 Å². The summed E-state index contributed by atoms with van der Waals surface area (Å²) in [6.45, 7) is 0. The van der Waals surface area contributed by atoms with Gasteiger partial charge in [0.1, 0.15) is 5.82 Å². The Morgan fingerprint density at radius 1 is 0.688 bits per heavy atom. The molecule has 0 fully saturated rings. The van der Waals surface area contributed by atoms with Gasteiger partial charge in [0, 0.05) is 38.6 Å². The normalized spacial score (nSPS) is 10.9. The molecule has 156 valence electrons. The number of rotatable bonds is 4. The Bertz CT molecular complexity index is 1410. The Morgan fingerprint density at radius 2 is 1.41 bits per heavy atom. The Hall–Kier alpha value is -3.60. The van der Waals surface area contributed by atoms with Crippen LogP contribution < -0.4 is 11.1 Å². The molecule has 3 aromatic carbocycles. The largest absolute Gasteiger partial charge is 0.384 e. The zero-order valence-electron chi connectivity index (χ0n) is 16.9. The van der Waals surface area contributed by atoms with Crippen LogP contribution >= 0.6 is 23.2 Å². The summed E-state index contributed by atoms with van der Waals surface area (Å²) in [7, 11) is 0. The summed E-state index contributed by atoms with van der Waals surface area (Å²) in [6.07, 6.45) is 1.77. The van der Waals surface area contributed by atoms with E-state index in [9.17, 15) is 0 Å². The molecule has 0 atom stereocenters. The van der Waals surface area contributed by atoms with Crippen molar-refractivity contribution in [3.8, 4) is 22.4 Å². The summed E-state index contributed by atoms with van der Waals surface area (Å²) in [5, 5.41) is 5.83. The van der Waals surface area contributed by atoms with Gasteiger partial charge in [-0.15, -0.1) is 0 Å². The summed E-state index contributed by atoms with van der Waals surface area (Å²) in [4.78, 5) is 8.91. The third kappa shape index (κ3) is 4.24. The van der Waals surface area contributed by atoms with Crippen LogP contribution in [0, 0.1) is 0 Å². The van der Waals surface area contributed by atoms with Crippen LogP contribution in [0.5, 0.6) is 0 Å². The predicted octanol–water partition coefficient (Wildman–Crippen LogP) is 7.60.